The molecule has 0 radical (unpaired) electrons. The van der Waals surface area contributed by atoms with Crippen molar-refractivity contribution >= 4 is 18.5 Å². The van der Waals surface area contributed by atoms with Gasteiger partial charge in [-0.25, -0.2) is 4.79 Å². The van der Waals surface area contributed by atoms with Gasteiger partial charge in [0, 0.05) is 25.5 Å². The number of piperidine rings is 1. The minimum absolute atomic E-state index is 0.183. The van der Waals surface area contributed by atoms with E-state index in [-0.39, 0.29) is 19.1 Å². The molecule has 28 heavy (non-hydrogen) atoms. The van der Waals surface area contributed by atoms with E-state index in [1.807, 2.05) is 58.5 Å². The van der Waals surface area contributed by atoms with E-state index < -0.39 is 16.8 Å². The highest BCUT2D eigenvalue weighted by Crippen LogP contribution is 2.26. The molecule has 0 atom stereocenters. The van der Waals surface area contributed by atoms with Crippen LogP contribution in [0.15, 0.2) is 12.4 Å². The van der Waals surface area contributed by atoms with Gasteiger partial charge in [0.2, 0.25) is 0 Å². The summed E-state index contributed by atoms with van der Waals surface area (Å²) in [6.45, 7) is 16.0. The molecule has 1 aromatic rings. The Balaban J connectivity index is 1.94. The molecule has 1 amide bonds. The van der Waals surface area contributed by atoms with Gasteiger partial charge in [0.15, 0.2) is 0 Å². The topological polar surface area (TPSA) is 76.8 Å². The monoisotopic (exact) mass is 393 g/mol. The highest BCUT2D eigenvalue weighted by atomic mass is 16.6. The maximum absolute atomic E-state index is 12.2. The molecule has 0 aliphatic carbocycles. The van der Waals surface area contributed by atoms with Gasteiger partial charge in [-0.1, -0.05) is 6.82 Å². The Kier molecular flexibility index (Phi) is 6.56. The first-order chi connectivity index (χ1) is 12.7. The Hall–Kier alpha value is -1.54. The van der Waals surface area contributed by atoms with Gasteiger partial charge in [-0.15, -0.1) is 0 Å². The van der Waals surface area contributed by atoms with Crippen molar-refractivity contribution in [1.29, 1.82) is 0 Å². The third-order valence-corrected chi connectivity index (χ3v) is 5.53. The summed E-state index contributed by atoms with van der Waals surface area (Å²) in [6.07, 6.45) is 5.27. The molecule has 7 nitrogen and oxygen atoms in total. The van der Waals surface area contributed by atoms with Crippen molar-refractivity contribution in [2.45, 2.75) is 91.0 Å². The predicted molar refractivity (Wildman–Crippen MR) is 111 cm³/mol. The van der Waals surface area contributed by atoms with Gasteiger partial charge in [-0.2, -0.15) is 5.10 Å². The second-order valence-corrected chi connectivity index (χ2v) is 9.78. The van der Waals surface area contributed by atoms with E-state index >= 15 is 0 Å². The number of hydrogen-bond acceptors (Lipinski definition) is 5. The number of aliphatic hydroxyl groups is 1. The smallest absolute Gasteiger partial charge is 0.410 e. The molecular formula is C20H36BN3O4. The van der Waals surface area contributed by atoms with E-state index in [0.717, 1.165) is 18.3 Å². The predicted octanol–water partition coefficient (Wildman–Crippen LogP) is 2.85. The zero-order valence-corrected chi connectivity index (χ0v) is 18.7. The largest absolute Gasteiger partial charge is 0.444 e. The normalized spacial score (nSPS) is 17.0. The molecule has 0 unspecified atom stereocenters. The summed E-state index contributed by atoms with van der Waals surface area (Å²) >= 11 is 0. The van der Waals surface area contributed by atoms with Crippen LogP contribution in [0.3, 0.4) is 0 Å². The molecule has 158 valence electrons. The molecule has 1 fully saturated rings. The molecule has 2 rings (SSSR count). The summed E-state index contributed by atoms with van der Waals surface area (Å²) in [4.78, 5) is 14.0. The second kappa shape index (κ2) is 8.07. The highest BCUT2D eigenvalue weighted by molar-refractivity contribution is 6.66. The summed E-state index contributed by atoms with van der Waals surface area (Å²) in [6, 6.07) is 0.252. The summed E-state index contributed by atoms with van der Waals surface area (Å²) in [5.41, 5.74) is -1.14. The molecule has 1 aliphatic rings. The Morgan fingerprint density at radius 3 is 2.25 bits per heavy atom. The fourth-order valence-corrected chi connectivity index (χ4v) is 3.06. The Morgan fingerprint density at radius 1 is 1.18 bits per heavy atom. The van der Waals surface area contributed by atoms with Crippen LogP contribution < -0.4 is 5.46 Å². The van der Waals surface area contributed by atoms with Gasteiger partial charge in [-0.05, 0) is 66.8 Å². The van der Waals surface area contributed by atoms with E-state index in [1.54, 1.807) is 18.7 Å². The van der Waals surface area contributed by atoms with Crippen LogP contribution in [0.4, 0.5) is 4.79 Å². The number of carbonyl (C=O) groups excluding carboxylic acids is 1. The van der Waals surface area contributed by atoms with Crippen LogP contribution in [0.1, 0.15) is 67.3 Å². The number of rotatable bonds is 5. The maximum atomic E-state index is 12.2. The molecule has 0 aromatic carbocycles. The van der Waals surface area contributed by atoms with Gasteiger partial charge < -0.3 is 19.4 Å². The van der Waals surface area contributed by atoms with E-state index in [2.05, 4.69) is 5.10 Å². The maximum Gasteiger partial charge on any atom is 0.410 e. The lowest BCUT2D eigenvalue weighted by molar-refractivity contribution is -0.0918. The van der Waals surface area contributed by atoms with Crippen molar-refractivity contribution in [3.63, 3.8) is 0 Å². The van der Waals surface area contributed by atoms with Crippen LogP contribution in [-0.2, 0) is 9.39 Å². The minimum atomic E-state index is -0.953. The molecule has 1 aliphatic heterocycles. The van der Waals surface area contributed by atoms with E-state index in [9.17, 15) is 9.90 Å². The van der Waals surface area contributed by atoms with Gasteiger partial charge in [-0.3, -0.25) is 4.68 Å². The first kappa shape index (κ1) is 22.8. The van der Waals surface area contributed by atoms with Crippen LogP contribution in [0.5, 0.6) is 0 Å². The standard InChI is InChI=1S/C20H36BN3O4/c1-18(2,3)27-17(25)23-11-9-16(10-12-23)24-14-15(13-22-24)21(8)28-20(6,7)19(4,5)26/h13-14,16,26H,9-12H2,1-8H3. The van der Waals surface area contributed by atoms with Crippen LogP contribution in [0.2, 0.25) is 6.82 Å². The number of hydrogen-bond donors (Lipinski definition) is 1. The fourth-order valence-electron chi connectivity index (χ4n) is 3.06. The van der Waals surface area contributed by atoms with E-state index in [4.69, 9.17) is 9.39 Å². The summed E-state index contributed by atoms with van der Waals surface area (Å²) in [7, 11) is 0. The van der Waals surface area contributed by atoms with Crippen LogP contribution in [0.25, 0.3) is 0 Å². The lowest BCUT2D eigenvalue weighted by Crippen LogP contribution is -2.52. The fraction of sp³-hybridized carbons (Fsp3) is 0.800. The van der Waals surface area contributed by atoms with Gasteiger partial charge in [0.1, 0.15) is 5.60 Å². The van der Waals surface area contributed by atoms with Crippen LogP contribution >= 0.6 is 0 Å². The molecule has 0 saturated carbocycles. The molecule has 0 spiro atoms. The van der Waals surface area contributed by atoms with Crippen molar-refractivity contribution in [2.75, 3.05) is 13.1 Å². The zero-order chi connectivity index (χ0) is 21.3. The Labute approximate surface area is 169 Å². The molecule has 8 heteroatoms. The van der Waals surface area contributed by atoms with Crippen molar-refractivity contribution < 1.29 is 19.3 Å². The molecular weight excluding hydrogens is 357 g/mol. The third kappa shape index (κ3) is 5.73. The second-order valence-electron chi connectivity index (χ2n) is 9.78. The van der Waals surface area contributed by atoms with E-state index in [1.165, 1.54) is 0 Å². The summed E-state index contributed by atoms with van der Waals surface area (Å²) in [5.74, 6) is 0. The molecule has 1 N–H and O–H groups in total. The highest BCUT2D eigenvalue weighted by Gasteiger charge is 2.38. The zero-order valence-electron chi connectivity index (χ0n) is 18.7. The summed E-state index contributed by atoms with van der Waals surface area (Å²) < 4.78 is 13.5. The van der Waals surface area contributed by atoms with Crippen LogP contribution in [-0.4, -0.2) is 62.7 Å². The van der Waals surface area contributed by atoms with Gasteiger partial charge >= 0.3 is 13.0 Å². The Bertz CT molecular complexity index is 668. The number of amides is 1. The first-order valence-electron chi connectivity index (χ1n) is 10.1. The average Bonchev–Trinajstić information content (AvgIpc) is 3.02. The van der Waals surface area contributed by atoms with Crippen molar-refractivity contribution in [3.8, 4) is 0 Å². The quantitative estimate of drug-likeness (QED) is 0.779. The van der Waals surface area contributed by atoms with Crippen molar-refractivity contribution in [3.05, 3.63) is 12.4 Å². The van der Waals surface area contributed by atoms with Crippen molar-refractivity contribution in [2.24, 2.45) is 0 Å². The SMILES string of the molecule is CB(OC(C)(C)C(C)(C)O)c1cnn(C2CCN(C(=O)OC(C)(C)C)CC2)c1. The van der Waals surface area contributed by atoms with Crippen LogP contribution in [0, 0.1) is 0 Å². The number of carbonyl (C=O) groups is 1. The third-order valence-electron chi connectivity index (χ3n) is 5.53. The summed E-state index contributed by atoms with van der Waals surface area (Å²) in [5, 5.41) is 14.8. The number of likely N-dealkylation sites (tertiary alicyclic amines) is 1. The number of aromatic nitrogens is 2. The lowest BCUT2D eigenvalue weighted by Gasteiger charge is -2.39. The minimum Gasteiger partial charge on any atom is -0.444 e. The van der Waals surface area contributed by atoms with Crippen molar-refractivity contribution in [1.82, 2.24) is 14.7 Å². The molecule has 1 aromatic heterocycles. The molecule has 0 bridgehead atoms. The first-order valence-corrected chi connectivity index (χ1v) is 10.1. The molecule has 2 heterocycles. The number of nitrogens with zero attached hydrogens (tertiary/aromatic N) is 3. The van der Waals surface area contributed by atoms with Gasteiger partial charge in [0.05, 0.1) is 17.2 Å². The lowest BCUT2D eigenvalue weighted by atomic mass is 9.64. The van der Waals surface area contributed by atoms with Gasteiger partial charge in [0.25, 0.3) is 0 Å². The Morgan fingerprint density at radius 2 is 1.75 bits per heavy atom. The molecule has 1 saturated heterocycles. The average molecular weight is 393 g/mol. The van der Waals surface area contributed by atoms with E-state index in [0.29, 0.717) is 13.1 Å². The number of ether oxygens (including phenoxy) is 1.